The molecule has 3 atom stereocenters. The Morgan fingerprint density at radius 1 is 0.933 bits per heavy atom. The molecule has 248 valence electrons. The quantitative estimate of drug-likeness (QED) is 0.198. The van der Waals surface area contributed by atoms with Crippen molar-refractivity contribution >= 4 is 23.1 Å². The van der Waals surface area contributed by atoms with Crippen LogP contribution in [0.3, 0.4) is 0 Å². The van der Waals surface area contributed by atoms with Gasteiger partial charge in [0, 0.05) is 29.7 Å². The van der Waals surface area contributed by atoms with E-state index in [1.165, 1.54) is 24.5 Å². The largest absolute Gasteiger partial charge is 0.300 e. The predicted molar refractivity (Wildman–Crippen MR) is 188 cm³/mol. The highest BCUT2D eigenvalue weighted by molar-refractivity contribution is 6.02. The first kappa shape index (κ1) is 38.3. The van der Waals surface area contributed by atoms with E-state index in [4.69, 9.17) is 0 Å². The van der Waals surface area contributed by atoms with Crippen LogP contribution in [0.4, 0.5) is 0 Å². The van der Waals surface area contributed by atoms with Gasteiger partial charge in [0.15, 0.2) is 5.78 Å². The van der Waals surface area contributed by atoms with Gasteiger partial charge in [-0.15, -0.1) is 0 Å². The lowest BCUT2D eigenvalue weighted by Gasteiger charge is -2.32. The standard InChI is InChI=1S/C38H52O4.C3H8/c1-9-12-29(31(11-3)34(40)19-25(5)39)20-26-21-33-32(17-13-24(4)37(33)35(41)22-26)30-15-14-27(10-2)28(23-30)16-18-36(42)38(6,7)8;1-3-2/h13-15,17,23,26,29,31H,9-12,16,18-22H2,1-8H3;3H2,1-2H3. The van der Waals surface area contributed by atoms with Crippen molar-refractivity contribution in [1.29, 1.82) is 0 Å². The van der Waals surface area contributed by atoms with Crippen LogP contribution in [0.5, 0.6) is 0 Å². The molecule has 3 rings (SSSR count). The van der Waals surface area contributed by atoms with Crippen LogP contribution in [0.1, 0.15) is 146 Å². The average molecular weight is 617 g/mol. The number of carbonyl (C=O) groups is 4. The number of fused-ring (bicyclic) bond motifs is 1. The van der Waals surface area contributed by atoms with Gasteiger partial charge < -0.3 is 0 Å². The van der Waals surface area contributed by atoms with Gasteiger partial charge in [0.1, 0.15) is 17.3 Å². The van der Waals surface area contributed by atoms with E-state index >= 15 is 0 Å². The van der Waals surface area contributed by atoms with Crippen molar-refractivity contribution in [2.75, 3.05) is 0 Å². The molecule has 0 radical (unpaired) electrons. The molecule has 0 saturated carbocycles. The Bertz CT molecular complexity index is 1330. The number of rotatable bonds is 14. The highest BCUT2D eigenvalue weighted by Gasteiger charge is 2.34. The van der Waals surface area contributed by atoms with E-state index in [0.717, 1.165) is 66.3 Å². The van der Waals surface area contributed by atoms with E-state index in [1.54, 1.807) is 0 Å². The summed E-state index contributed by atoms with van der Waals surface area (Å²) >= 11 is 0. The van der Waals surface area contributed by atoms with E-state index in [2.05, 4.69) is 58.0 Å². The average Bonchev–Trinajstić information content (AvgIpc) is 2.95. The summed E-state index contributed by atoms with van der Waals surface area (Å²) in [6.45, 7) is 20.0. The molecular formula is C41H60O4. The van der Waals surface area contributed by atoms with Crippen LogP contribution in [0, 0.1) is 30.1 Å². The van der Waals surface area contributed by atoms with Gasteiger partial charge in [0.2, 0.25) is 0 Å². The maximum absolute atomic E-state index is 13.6. The van der Waals surface area contributed by atoms with Crippen molar-refractivity contribution in [3.05, 3.63) is 58.1 Å². The number of ketones is 4. The van der Waals surface area contributed by atoms with Gasteiger partial charge in [-0.25, -0.2) is 0 Å². The van der Waals surface area contributed by atoms with Crippen LogP contribution >= 0.6 is 0 Å². The molecule has 0 amide bonds. The van der Waals surface area contributed by atoms with Crippen molar-refractivity contribution < 1.29 is 19.2 Å². The Morgan fingerprint density at radius 2 is 1.60 bits per heavy atom. The van der Waals surface area contributed by atoms with E-state index in [1.807, 2.05) is 34.6 Å². The second-order valence-electron chi connectivity index (χ2n) is 14.3. The van der Waals surface area contributed by atoms with Gasteiger partial charge in [-0.3, -0.25) is 19.2 Å². The lowest BCUT2D eigenvalue weighted by molar-refractivity contribution is -0.130. The third-order valence-electron chi connectivity index (χ3n) is 9.26. The van der Waals surface area contributed by atoms with Gasteiger partial charge >= 0.3 is 0 Å². The fraction of sp³-hybridized carbons (Fsp3) is 0.610. The summed E-state index contributed by atoms with van der Waals surface area (Å²) in [6.07, 6.45) is 8.16. The number of aryl methyl sites for hydroxylation is 3. The molecule has 2 aromatic carbocycles. The zero-order valence-corrected chi connectivity index (χ0v) is 30.0. The van der Waals surface area contributed by atoms with Crippen LogP contribution in [-0.4, -0.2) is 23.1 Å². The van der Waals surface area contributed by atoms with E-state index in [9.17, 15) is 19.2 Å². The molecule has 4 heteroatoms. The summed E-state index contributed by atoms with van der Waals surface area (Å²) in [5, 5.41) is 0. The smallest absolute Gasteiger partial charge is 0.163 e. The lowest BCUT2D eigenvalue weighted by Crippen LogP contribution is -2.30. The summed E-state index contributed by atoms with van der Waals surface area (Å²) < 4.78 is 0. The fourth-order valence-electron chi connectivity index (χ4n) is 7.00. The maximum Gasteiger partial charge on any atom is 0.163 e. The van der Waals surface area contributed by atoms with Gasteiger partial charge in [-0.1, -0.05) is 105 Å². The second-order valence-corrected chi connectivity index (χ2v) is 14.3. The molecule has 1 aliphatic carbocycles. The van der Waals surface area contributed by atoms with Crippen molar-refractivity contribution in [3.63, 3.8) is 0 Å². The fourth-order valence-corrected chi connectivity index (χ4v) is 7.00. The summed E-state index contributed by atoms with van der Waals surface area (Å²) in [7, 11) is 0. The van der Waals surface area contributed by atoms with E-state index < -0.39 is 0 Å². The van der Waals surface area contributed by atoms with Crippen molar-refractivity contribution in [1.82, 2.24) is 0 Å². The molecule has 45 heavy (non-hydrogen) atoms. The molecule has 3 unspecified atom stereocenters. The molecule has 0 saturated heterocycles. The minimum atomic E-state index is -0.349. The molecule has 0 fully saturated rings. The Hall–Kier alpha value is -2.88. The zero-order valence-electron chi connectivity index (χ0n) is 30.0. The number of hydrogen-bond acceptors (Lipinski definition) is 4. The van der Waals surface area contributed by atoms with Crippen molar-refractivity contribution in [3.8, 4) is 11.1 Å². The number of hydrogen-bond donors (Lipinski definition) is 0. The minimum Gasteiger partial charge on any atom is -0.300 e. The van der Waals surface area contributed by atoms with Gasteiger partial charge in [-0.2, -0.15) is 0 Å². The zero-order chi connectivity index (χ0) is 33.9. The highest BCUT2D eigenvalue weighted by atomic mass is 16.1. The van der Waals surface area contributed by atoms with E-state index in [0.29, 0.717) is 19.3 Å². The topological polar surface area (TPSA) is 68.3 Å². The van der Waals surface area contributed by atoms with Crippen LogP contribution in [0.25, 0.3) is 11.1 Å². The molecule has 0 aromatic heterocycles. The first-order chi connectivity index (χ1) is 21.2. The van der Waals surface area contributed by atoms with Crippen LogP contribution in [0.15, 0.2) is 30.3 Å². The SMILES string of the molecule is CCC.CCCC(CC1CC(=O)c2c(C)ccc(-c3ccc(CC)c(CCC(=O)C(C)(C)C)c3)c2C1)C(CC)C(=O)CC(C)=O. The molecule has 1 aliphatic rings. The van der Waals surface area contributed by atoms with Gasteiger partial charge in [0.25, 0.3) is 0 Å². The second kappa shape index (κ2) is 17.7. The molecule has 2 aromatic rings. The van der Waals surface area contributed by atoms with Crippen LogP contribution < -0.4 is 0 Å². The summed E-state index contributed by atoms with van der Waals surface area (Å²) in [4.78, 5) is 51.1. The third-order valence-corrected chi connectivity index (χ3v) is 9.26. The Balaban J connectivity index is 0.00000226. The first-order valence-electron chi connectivity index (χ1n) is 17.5. The first-order valence-corrected chi connectivity index (χ1v) is 17.5. The number of benzene rings is 2. The summed E-state index contributed by atoms with van der Waals surface area (Å²) in [5.41, 5.74) is 7.33. The maximum atomic E-state index is 13.6. The lowest BCUT2D eigenvalue weighted by atomic mass is 9.71. The molecule has 0 heterocycles. The monoisotopic (exact) mass is 616 g/mol. The van der Waals surface area contributed by atoms with Crippen molar-refractivity contribution in [2.24, 2.45) is 23.2 Å². The predicted octanol–water partition coefficient (Wildman–Crippen LogP) is 10.3. The van der Waals surface area contributed by atoms with E-state index in [-0.39, 0.29) is 52.7 Å². The van der Waals surface area contributed by atoms with Crippen molar-refractivity contribution in [2.45, 2.75) is 140 Å². The minimum absolute atomic E-state index is 0.00589. The Kier molecular flexibility index (Phi) is 15.1. The summed E-state index contributed by atoms with van der Waals surface area (Å²) in [5.74, 6) is 0.644. The molecule has 0 bridgehead atoms. The normalized spacial score (nSPS) is 15.9. The Morgan fingerprint density at radius 3 is 2.16 bits per heavy atom. The van der Waals surface area contributed by atoms with Crippen LogP contribution in [-0.2, 0) is 33.6 Å². The Labute approximate surface area is 274 Å². The molecule has 0 aliphatic heterocycles. The molecule has 0 spiro atoms. The molecular weight excluding hydrogens is 556 g/mol. The third kappa shape index (κ3) is 10.6. The van der Waals surface area contributed by atoms with Gasteiger partial charge in [-0.05, 0) is 91.2 Å². The summed E-state index contributed by atoms with van der Waals surface area (Å²) in [6, 6.07) is 10.8. The van der Waals surface area contributed by atoms with Gasteiger partial charge in [0.05, 0.1) is 6.42 Å². The highest BCUT2D eigenvalue weighted by Crippen LogP contribution is 2.40. The molecule has 0 N–H and O–H groups in total. The molecule has 4 nitrogen and oxygen atoms in total. The number of carbonyl (C=O) groups excluding carboxylic acids is 4. The van der Waals surface area contributed by atoms with Crippen LogP contribution in [0.2, 0.25) is 0 Å². The number of Topliss-reactive ketones (excluding diaryl/α,β-unsaturated/α-hetero) is 4.